The second-order valence-corrected chi connectivity index (χ2v) is 5.90. The van der Waals surface area contributed by atoms with E-state index < -0.39 is 0 Å². The molecule has 8 nitrogen and oxygen atoms in total. The first-order valence-corrected chi connectivity index (χ1v) is 8.23. The standard InChI is InChI=1S/C19H16N4O4/c1-11-20-19(27-23-11)13-5-3-12(4-6-13)18(24)21-14-7-8-16-15(9-14)22-17(26-16)10-25-2/h3-9H,10H2,1-2H3,(H,21,24). The Hall–Kier alpha value is -3.52. The first-order valence-electron chi connectivity index (χ1n) is 8.23. The van der Waals surface area contributed by atoms with Gasteiger partial charge in [0.25, 0.3) is 11.8 Å². The number of nitrogens with one attached hydrogen (secondary N) is 1. The van der Waals surface area contributed by atoms with E-state index in [1.807, 2.05) is 0 Å². The van der Waals surface area contributed by atoms with Gasteiger partial charge in [-0.05, 0) is 49.4 Å². The SMILES string of the molecule is COCc1nc2cc(NC(=O)c3ccc(-c4nc(C)no4)cc3)ccc2o1. The van der Waals surface area contributed by atoms with Crippen LogP contribution in [0.25, 0.3) is 22.6 Å². The number of rotatable bonds is 5. The van der Waals surface area contributed by atoms with Crippen LogP contribution in [-0.4, -0.2) is 28.1 Å². The number of carbonyl (C=O) groups excluding carboxylic acids is 1. The number of oxazole rings is 1. The van der Waals surface area contributed by atoms with Gasteiger partial charge in [-0.3, -0.25) is 4.79 Å². The first kappa shape index (κ1) is 16.9. The average Bonchev–Trinajstić information content (AvgIpc) is 3.27. The van der Waals surface area contributed by atoms with Gasteiger partial charge in [0.15, 0.2) is 11.4 Å². The zero-order chi connectivity index (χ0) is 18.8. The molecule has 0 fully saturated rings. The summed E-state index contributed by atoms with van der Waals surface area (Å²) < 4.78 is 15.7. The third kappa shape index (κ3) is 3.56. The van der Waals surface area contributed by atoms with E-state index in [1.165, 1.54) is 0 Å². The van der Waals surface area contributed by atoms with E-state index in [2.05, 4.69) is 20.4 Å². The molecule has 0 radical (unpaired) electrons. The molecule has 2 aromatic carbocycles. The van der Waals surface area contributed by atoms with Crippen molar-refractivity contribution in [2.24, 2.45) is 0 Å². The van der Waals surface area contributed by atoms with Gasteiger partial charge in [0.2, 0.25) is 5.89 Å². The number of fused-ring (bicyclic) bond motifs is 1. The van der Waals surface area contributed by atoms with Gasteiger partial charge in [-0.25, -0.2) is 4.98 Å². The molecule has 8 heteroatoms. The Balaban J connectivity index is 1.50. The summed E-state index contributed by atoms with van der Waals surface area (Å²) in [5.74, 6) is 1.23. The second-order valence-electron chi connectivity index (χ2n) is 5.90. The molecule has 0 bridgehead atoms. The van der Waals surface area contributed by atoms with Crippen molar-refractivity contribution in [1.82, 2.24) is 15.1 Å². The van der Waals surface area contributed by atoms with Crippen LogP contribution in [0, 0.1) is 6.92 Å². The van der Waals surface area contributed by atoms with Crippen molar-refractivity contribution in [1.29, 1.82) is 0 Å². The van der Waals surface area contributed by atoms with Crippen molar-refractivity contribution in [3.63, 3.8) is 0 Å². The number of methoxy groups -OCH3 is 1. The molecule has 0 aliphatic rings. The van der Waals surface area contributed by atoms with Crippen LogP contribution in [0.15, 0.2) is 51.4 Å². The zero-order valence-electron chi connectivity index (χ0n) is 14.7. The maximum absolute atomic E-state index is 12.5. The van der Waals surface area contributed by atoms with E-state index in [-0.39, 0.29) is 5.91 Å². The van der Waals surface area contributed by atoms with Gasteiger partial charge in [0, 0.05) is 23.9 Å². The summed E-state index contributed by atoms with van der Waals surface area (Å²) >= 11 is 0. The second kappa shape index (κ2) is 7.00. The highest BCUT2D eigenvalue weighted by Crippen LogP contribution is 2.22. The Morgan fingerprint density at radius 1 is 1.15 bits per heavy atom. The Morgan fingerprint density at radius 3 is 2.67 bits per heavy atom. The van der Waals surface area contributed by atoms with Gasteiger partial charge >= 0.3 is 0 Å². The van der Waals surface area contributed by atoms with Crippen LogP contribution >= 0.6 is 0 Å². The lowest BCUT2D eigenvalue weighted by molar-refractivity contribution is 0.102. The molecule has 0 atom stereocenters. The summed E-state index contributed by atoms with van der Waals surface area (Å²) in [7, 11) is 1.57. The molecule has 1 amide bonds. The number of aromatic nitrogens is 3. The molecule has 0 saturated heterocycles. The molecule has 4 aromatic rings. The molecular formula is C19H16N4O4. The Morgan fingerprint density at radius 2 is 1.96 bits per heavy atom. The molecule has 2 aromatic heterocycles. The number of benzene rings is 2. The number of nitrogens with zero attached hydrogens (tertiary/aromatic N) is 3. The summed E-state index contributed by atoms with van der Waals surface area (Å²) in [6.07, 6.45) is 0. The lowest BCUT2D eigenvalue weighted by Gasteiger charge is -2.05. The number of anilines is 1. The lowest BCUT2D eigenvalue weighted by atomic mass is 10.1. The molecular weight excluding hydrogens is 348 g/mol. The quantitative estimate of drug-likeness (QED) is 0.577. The average molecular weight is 364 g/mol. The van der Waals surface area contributed by atoms with Gasteiger partial charge in [-0.2, -0.15) is 4.98 Å². The van der Waals surface area contributed by atoms with E-state index in [1.54, 1.807) is 56.5 Å². The fourth-order valence-corrected chi connectivity index (χ4v) is 2.62. The number of carbonyl (C=O) groups is 1. The summed E-state index contributed by atoms with van der Waals surface area (Å²) in [5, 5.41) is 6.61. The van der Waals surface area contributed by atoms with E-state index in [0.29, 0.717) is 46.6 Å². The van der Waals surface area contributed by atoms with Crippen molar-refractivity contribution < 1.29 is 18.5 Å². The van der Waals surface area contributed by atoms with Crippen molar-refractivity contribution in [3.8, 4) is 11.5 Å². The minimum atomic E-state index is -0.233. The molecule has 0 unspecified atom stereocenters. The normalized spacial score (nSPS) is 11.0. The molecule has 0 spiro atoms. The van der Waals surface area contributed by atoms with Gasteiger partial charge < -0.3 is 19.0 Å². The molecule has 4 rings (SSSR count). The van der Waals surface area contributed by atoms with Gasteiger partial charge in [-0.15, -0.1) is 0 Å². The first-order chi connectivity index (χ1) is 13.1. The summed E-state index contributed by atoms with van der Waals surface area (Å²) in [5.41, 5.74) is 3.18. The lowest BCUT2D eigenvalue weighted by Crippen LogP contribution is -2.11. The van der Waals surface area contributed by atoms with Crippen LogP contribution in [-0.2, 0) is 11.3 Å². The zero-order valence-corrected chi connectivity index (χ0v) is 14.7. The van der Waals surface area contributed by atoms with E-state index >= 15 is 0 Å². The maximum Gasteiger partial charge on any atom is 0.257 e. The van der Waals surface area contributed by atoms with E-state index in [4.69, 9.17) is 13.7 Å². The number of hydrogen-bond donors (Lipinski definition) is 1. The fraction of sp³-hybridized carbons (Fsp3) is 0.158. The van der Waals surface area contributed by atoms with Crippen molar-refractivity contribution >= 4 is 22.7 Å². The summed E-state index contributed by atoms with van der Waals surface area (Å²) in [6.45, 7) is 2.04. The molecule has 27 heavy (non-hydrogen) atoms. The Kier molecular flexibility index (Phi) is 4.39. The van der Waals surface area contributed by atoms with Gasteiger partial charge in [-0.1, -0.05) is 5.16 Å². The fourth-order valence-electron chi connectivity index (χ4n) is 2.62. The summed E-state index contributed by atoms with van der Waals surface area (Å²) in [6, 6.07) is 12.2. The third-order valence-electron chi connectivity index (χ3n) is 3.88. The number of ether oxygens (including phenoxy) is 1. The highest BCUT2D eigenvalue weighted by molar-refractivity contribution is 6.05. The smallest absolute Gasteiger partial charge is 0.257 e. The molecule has 136 valence electrons. The van der Waals surface area contributed by atoms with Crippen LogP contribution in [0.5, 0.6) is 0 Å². The van der Waals surface area contributed by atoms with Crippen molar-refractivity contribution in [2.45, 2.75) is 13.5 Å². The monoisotopic (exact) mass is 364 g/mol. The number of aryl methyl sites for hydroxylation is 1. The van der Waals surface area contributed by atoms with Crippen molar-refractivity contribution in [2.75, 3.05) is 12.4 Å². The molecule has 0 saturated carbocycles. The Bertz CT molecular complexity index is 1100. The minimum Gasteiger partial charge on any atom is -0.438 e. The van der Waals surface area contributed by atoms with Crippen LogP contribution in [0.3, 0.4) is 0 Å². The summed E-state index contributed by atoms with van der Waals surface area (Å²) in [4.78, 5) is 21.0. The van der Waals surface area contributed by atoms with E-state index in [9.17, 15) is 4.79 Å². The highest BCUT2D eigenvalue weighted by Gasteiger charge is 2.11. The van der Waals surface area contributed by atoms with Crippen LogP contribution in [0.1, 0.15) is 22.1 Å². The topological polar surface area (TPSA) is 103 Å². The Labute approximate surface area is 154 Å². The molecule has 0 aliphatic carbocycles. The van der Waals surface area contributed by atoms with Crippen LogP contribution in [0.2, 0.25) is 0 Å². The molecule has 1 N–H and O–H groups in total. The molecule has 2 heterocycles. The number of amides is 1. The van der Waals surface area contributed by atoms with Crippen LogP contribution in [0.4, 0.5) is 5.69 Å². The van der Waals surface area contributed by atoms with Gasteiger partial charge in [0.1, 0.15) is 12.1 Å². The predicted molar refractivity (Wildman–Crippen MR) is 97.1 cm³/mol. The van der Waals surface area contributed by atoms with E-state index in [0.717, 1.165) is 5.56 Å². The maximum atomic E-state index is 12.5. The third-order valence-corrected chi connectivity index (χ3v) is 3.88. The van der Waals surface area contributed by atoms with Gasteiger partial charge in [0.05, 0.1) is 0 Å². The predicted octanol–water partition coefficient (Wildman–Crippen LogP) is 3.58. The van der Waals surface area contributed by atoms with Crippen LogP contribution < -0.4 is 5.32 Å². The minimum absolute atomic E-state index is 0.233. The molecule has 0 aliphatic heterocycles. The highest BCUT2D eigenvalue weighted by atomic mass is 16.5. The van der Waals surface area contributed by atoms with Crippen molar-refractivity contribution in [3.05, 3.63) is 59.7 Å². The largest absolute Gasteiger partial charge is 0.438 e. The number of hydrogen-bond acceptors (Lipinski definition) is 7.